The maximum absolute atomic E-state index is 13.1. The van der Waals surface area contributed by atoms with Crippen molar-refractivity contribution >= 4 is 34.1 Å². The first-order valence-electron chi connectivity index (χ1n) is 6.63. The lowest BCUT2D eigenvalue weighted by atomic mass is 10.2. The van der Waals surface area contributed by atoms with E-state index in [9.17, 15) is 23.2 Å². The van der Waals surface area contributed by atoms with Crippen molar-refractivity contribution in [3.05, 3.63) is 52.4 Å². The Kier molecular flexibility index (Phi) is 5.24. The third-order valence-corrected chi connectivity index (χ3v) is 3.81. The summed E-state index contributed by atoms with van der Waals surface area (Å²) in [4.78, 5) is 35.0. The van der Waals surface area contributed by atoms with E-state index in [-0.39, 0.29) is 16.1 Å². The van der Waals surface area contributed by atoms with Crippen molar-refractivity contribution in [2.75, 3.05) is 5.32 Å². The summed E-state index contributed by atoms with van der Waals surface area (Å²) in [5.41, 5.74) is 5.06. The van der Waals surface area contributed by atoms with Crippen LogP contribution in [0.4, 0.5) is 13.8 Å². The number of hydrogen-bond donors (Lipinski definition) is 2. The van der Waals surface area contributed by atoms with E-state index >= 15 is 0 Å². The normalized spacial score (nSPS) is 11.6. The van der Waals surface area contributed by atoms with Gasteiger partial charge in [-0.25, -0.2) is 13.6 Å². The second-order valence-electron chi connectivity index (χ2n) is 4.69. The Bertz CT molecular complexity index is 807. The second-order valence-corrected chi connectivity index (χ2v) is 5.61. The maximum Gasteiger partial charge on any atom is 0.339 e. The van der Waals surface area contributed by atoms with Gasteiger partial charge in [0.2, 0.25) is 0 Å². The zero-order valence-electron chi connectivity index (χ0n) is 12.3. The molecule has 1 heterocycles. The third-order valence-electron chi connectivity index (χ3n) is 2.98. The first kappa shape index (κ1) is 17.5. The first-order chi connectivity index (χ1) is 11.3. The largest absolute Gasteiger partial charge is 0.449 e. The van der Waals surface area contributed by atoms with Gasteiger partial charge in [0.05, 0.1) is 11.1 Å². The van der Waals surface area contributed by atoms with Gasteiger partial charge in [0.15, 0.2) is 17.7 Å². The van der Waals surface area contributed by atoms with Gasteiger partial charge in [-0.05, 0) is 36.6 Å². The molecule has 2 amide bonds. The molecule has 9 heteroatoms. The van der Waals surface area contributed by atoms with Crippen molar-refractivity contribution in [3.8, 4) is 0 Å². The number of nitrogens with two attached hydrogens (primary N) is 1. The van der Waals surface area contributed by atoms with E-state index in [4.69, 9.17) is 10.5 Å². The number of thiophene rings is 1. The van der Waals surface area contributed by atoms with E-state index in [0.717, 1.165) is 23.5 Å². The topological polar surface area (TPSA) is 98.5 Å². The van der Waals surface area contributed by atoms with Crippen LogP contribution in [0.15, 0.2) is 29.6 Å². The van der Waals surface area contributed by atoms with E-state index in [2.05, 4.69) is 5.32 Å². The van der Waals surface area contributed by atoms with Crippen LogP contribution < -0.4 is 11.1 Å². The Morgan fingerprint density at radius 2 is 1.92 bits per heavy atom. The van der Waals surface area contributed by atoms with Crippen LogP contribution in [0.5, 0.6) is 0 Å². The van der Waals surface area contributed by atoms with Crippen LogP contribution in [0, 0.1) is 11.6 Å². The quantitative estimate of drug-likeness (QED) is 0.805. The predicted molar refractivity (Wildman–Crippen MR) is 82.7 cm³/mol. The van der Waals surface area contributed by atoms with Crippen molar-refractivity contribution in [2.24, 2.45) is 5.73 Å². The molecular formula is C15H12F2N2O4S. The zero-order valence-corrected chi connectivity index (χ0v) is 13.2. The van der Waals surface area contributed by atoms with Crippen LogP contribution in [0.3, 0.4) is 0 Å². The highest BCUT2D eigenvalue weighted by atomic mass is 32.1. The van der Waals surface area contributed by atoms with Crippen LogP contribution in [0.1, 0.15) is 27.6 Å². The van der Waals surface area contributed by atoms with Crippen LogP contribution in [-0.2, 0) is 9.53 Å². The lowest BCUT2D eigenvalue weighted by Crippen LogP contribution is -2.30. The molecule has 0 aliphatic carbocycles. The van der Waals surface area contributed by atoms with Gasteiger partial charge in [-0.1, -0.05) is 0 Å². The van der Waals surface area contributed by atoms with Crippen LogP contribution >= 0.6 is 11.3 Å². The van der Waals surface area contributed by atoms with Gasteiger partial charge in [0.25, 0.3) is 11.8 Å². The van der Waals surface area contributed by atoms with Gasteiger partial charge >= 0.3 is 5.97 Å². The first-order valence-corrected chi connectivity index (χ1v) is 7.51. The number of nitrogens with one attached hydrogen (secondary N) is 1. The molecule has 2 aromatic rings. The van der Waals surface area contributed by atoms with Gasteiger partial charge in [0.1, 0.15) is 5.00 Å². The monoisotopic (exact) mass is 354 g/mol. The zero-order chi connectivity index (χ0) is 17.9. The van der Waals surface area contributed by atoms with Crippen molar-refractivity contribution < 1.29 is 27.9 Å². The molecule has 126 valence electrons. The summed E-state index contributed by atoms with van der Waals surface area (Å²) in [6, 6.07) is 3.94. The van der Waals surface area contributed by atoms with E-state index in [1.165, 1.54) is 13.0 Å². The number of esters is 1. The van der Waals surface area contributed by atoms with Crippen LogP contribution in [-0.4, -0.2) is 23.9 Å². The molecule has 2 rings (SSSR count). The Balaban J connectivity index is 2.03. The molecule has 0 aliphatic rings. The van der Waals surface area contributed by atoms with Crippen molar-refractivity contribution in [1.82, 2.24) is 0 Å². The number of primary amides is 1. The average Bonchev–Trinajstić information content (AvgIpc) is 2.98. The molecule has 0 radical (unpaired) electrons. The molecule has 0 aliphatic heterocycles. The van der Waals surface area contributed by atoms with E-state index in [1.807, 2.05) is 0 Å². The Morgan fingerprint density at radius 1 is 1.21 bits per heavy atom. The highest BCUT2D eigenvalue weighted by Gasteiger charge is 2.22. The third kappa shape index (κ3) is 3.93. The summed E-state index contributed by atoms with van der Waals surface area (Å²) < 4.78 is 30.8. The molecule has 6 nitrogen and oxygen atoms in total. The average molecular weight is 354 g/mol. The van der Waals surface area contributed by atoms with E-state index in [1.54, 1.807) is 5.38 Å². The lowest BCUT2D eigenvalue weighted by Gasteiger charge is -2.13. The molecule has 1 aromatic carbocycles. The second kappa shape index (κ2) is 7.18. The number of anilines is 1. The minimum atomic E-state index is -1.23. The maximum atomic E-state index is 13.1. The van der Waals surface area contributed by atoms with Crippen molar-refractivity contribution in [3.63, 3.8) is 0 Å². The highest BCUT2D eigenvalue weighted by Crippen LogP contribution is 2.23. The fourth-order valence-electron chi connectivity index (χ4n) is 1.72. The molecule has 24 heavy (non-hydrogen) atoms. The molecule has 1 atom stereocenters. The van der Waals surface area contributed by atoms with Gasteiger partial charge in [-0.3, -0.25) is 9.59 Å². The van der Waals surface area contributed by atoms with Crippen LogP contribution in [0.25, 0.3) is 0 Å². The lowest BCUT2D eigenvalue weighted by molar-refractivity contribution is -0.123. The summed E-state index contributed by atoms with van der Waals surface area (Å²) in [7, 11) is 0. The number of amides is 2. The Labute approximate surface area is 139 Å². The standard InChI is InChI=1S/C15H12F2N2O4S/c1-7(13(21)19-14-9(12(18)20)4-5-24-14)23-15(22)8-2-3-10(16)11(17)6-8/h2-7H,1H3,(H2,18,20)(H,19,21). The minimum Gasteiger partial charge on any atom is -0.449 e. The fourth-order valence-corrected chi connectivity index (χ4v) is 2.51. The van der Waals surface area contributed by atoms with Gasteiger partial charge in [-0.2, -0.15) is 0 Å². The molecule has 0 saturated heterocycles. The van der Waals surface area contributed by atoms with E-state index < -0.39 is 35.5 Å². The SMILES string of the molecule is CC(OC(=O)c1ccc(F)c(F)c1)C(=O)Nc1sccc1C(N)=O. The summed E-state index contributed by atoms with van der Waals surface area (Å²) in [6.45, 7) is 1.30. The van der Waals surface area contributed by atoms with Gasteiger partial charge in [-0.15, -0.1) is 11.3 Å². The predicted octanol–water partition coefficient (Wildman–Crippen LogP) is 2.31. The number of ether oxygens (including phenoxy) is 1. The number of halogens is 2. The fraction of sp³-hybridized carbons (Fsp3) is 0.133. The molecule has 3 N–H and O–H groups in total. The Morgan fingerprint density at radius 3 is 2.54 bits per heavy atom. The molecule has 0 bridgehead atoms. The number of benzene rings is 1. The molecule has 0 fully saturated rings. The van der Waals surface area contributed by atoms with Crippen molar-refractivity contribution in [1.29, 1.82) is 0 Å². The molecule has 1 aromatic heterocycles. The number of carbonyl (C=O) groups is 3. The van der Waals surface area contributed by atoms with Crippen molar-refractivity contribution in [2.45, 2.75) is 13.0 Å². The molecule has 0 spiro atoms. The minimum absolute atomic E-state index is 0.132. The summed E-state index contributed by atoms with van der Waals surface area (Å²) in [5.74, 6) is -4.70. The smallest absolute Gasteiger partial charge is 0.339 e. The molecular weight excluding hydrogens is 342 g/mol. The Hall–Kier alpha value is -2.81. The molecule has 1 unspecified atom stereocenters. The number of hydrogen-bond acceptors (Lipinski definition) is 5. The molecule has 0 saturated carbocycles. The van der Waals surface area contributed by atoms with Crippen LogP contribution in [0.2, 0.25) is 0 Å². The van der Waals surface area contributed by atoms with E-state index in [0.29, 0.717) is 6.07 Å². The van der Waals surface area contributed by atoms with Gasteiger partial charge in [0, 0.05) is 0 Å². The van der Waals surface area contributed by atoms with Gasteiger partial charge < -0.3 is 15.8 Å². The number of carbonyl (C=O) groups excluding carboxylic acids is 3. The summed E-state index contributed by atoms with van der Waals surface area (Å²) >= 11 is 1.08. The number of rotatable bonds is 5. The highest BCUT2D eigenvalue weighted by molar-refractivity contribution is 7.14. The summed E-state index contributed by atoms with van der Waals surface area (Å²) in [5, 5.41) is 4.20. The summed E-state index contributed by atoms with van der Waals surface area (Å²) in [6.07, 6.45) is -1.23.